The Balaban J connectivity index is 2.80. The zero-order chi connectivity index (χ0) is 15.3. The van der Waals surface area contributed by atoms with Gasteiger partial charge in [-0.25, -0.2) is 17.5 Å². The standard InChI is InChI=1S/C13H18FNO4S/c1-9(2)6-12(13(16)17)15-20(18,19)8-10-4-3-5-11(14)7-10/h3-5,7,9,12,15H,6,8H2,1-2H3,(H,16,17)/t12-/m1/s1. The van der Waals surface area contributed by atoms with Crippen LogP contribution in [-0.4, -0.2) is 25.5 Å². The molecule has 0 radical (unpaired) electrons. The summed E-state index contributed by atoms with van der Waals surface area (Å²) in [6, 6.07) is 4.03. The van der Waals surface area contributed by atoms with E-state index in [1.807, 2.05) is 0 Å². The van der Waals surface area contributed by atoms with E-state index in [0.29, 0.717) is 0 Å². The number of nitrogens with one attached hydrogen (secondary N) is 1. The fourth-order valence-electron chi connectivity index (χ4n) is 1.78. The van der Waals surface area contributed by atoms with Gasteiger partial charge in [0, 0.05) is 0 Å². The lowest BCUT2D eigenvalue weighted by molar-refractivity contribution is -0.139. The zero-order valence-electron chi connectivity index (χ0n) is 11.3. The number of rotatable bonds is 7. The van der Waals surface area contributed by atoms with Gasteiger partial charge in [-0.3, -0.25) is 4.79 Å². The molecule has 0 heterocycles. The molecule has 1 aromatic carbocycles. The molecule has 0 aromatic heterocycles. The third-order valence-electron chi connectivity index (χ3n) is 2.57. The van der Waals surface area contributed by atoms with Crippen LogP contribution in [0.4, 0.5) is 4.39 Å². The SMILES string of the molecule is CC(C)C[C@@H](NS(=O)(=O)Cc1cccc(F)c1)C(=O)O. The highest BCUT2D eigenvalue weighted by atomic mass is 32.2. The molecule has 1 aromatic rings. The van der Waals surface area contributed by atoms with Crippen LogP contribution in [0.3, 0.4) is 0 Å². The number of halogens is 1. The van der Waals surface area contributed by atoms with Crippen molar-refractivity contribution in [1.29, 1.82) is 0 Å². The van der Waals surface area contributed by atoms with Crippen LogP contribution in [0.1, 0.15) is 25.8 Å². The van der Waals surface area contributed by atoms with Crippen molar-refractivity contribution in [3.8, 4) is 0 Å². The lowest BCUT2D eigenvalue weighted by Gasteiger charge is -2.16. The average molecular weight is 303 g/mol. The molecule has 0 aliphatic rings. The number of benzene rings is 1. The van der Waals surface area contributed by atoms with Gasteiger partial charge in [-0.2, -0.15) is 0 Å². The Labute approximate surface area is 117 Å². The van der Waals surface area contributed by atoms with Crippen molar-refractivity contribution in [1.82, 2.24) is 4.72 Å². The van der Waals surface area contributed by atoms with Crippen LogP contribution in [0.5, 0.6) is 0 Å². The van der Waals surface area contributed by atoms with Gasteiger partial charge in [-0.1, -0.05) is 26.0 Å². The molecule has 0 saturated heterocycles. The van der Waals surface area contributed by atoms with Crippen LogP contribution in [0.2, 0.25) is 0 Å². The van der Waals surface area contributed by atoms with E-state index in [1.54, 1.807) is 13.8 Å². The van der Waals surface area contributed by atoms with Crippen molar-refractivity contribution in [3.63, 3.8) is 0 Å². The second-order valence-corrected chi connectivity index (χ2v) is 6.78. The molecule has 112 valence electrons. The number of aliphatic carboxylic acids is 1. The molecule has 0 bridgehead atoms. The molecule has 5 nitrogen and oxygen atoms in total. The maximum Gasteiger partial charge on any atom is 0.321 e. The first kappa shape index (κ1) is 16.6. The summed E-state index contributed by atoms with van der Waals surface area (Å²) in [5, 5.41) is 9.01. The van der Waals surface area contributed by atoms with Crippen molar-refractivity contribution in [2.24, 2.45) is 5.92 Å². The molecule has 2 N–H and O–H groups in total. The van der Waals surface area contributed by atoms with Crippen molar-refractivity contribution < 1.29 is 22.7 Å². The molecule has 0 spiro atoms. The first-order chi connectivity index (χ1) is 9.19. The van der Waals surface area contributed by atoms with Gasteiger partial charge in [-0.05, 0) is 30.0 Å². The van der Waals surface area contributed by atoms with Crippen molar-refractivity contribution in [2.45, 2.75) is 32.1 Å². The minimum Gasteiger partial charge on any atom is -0.480 e. The highest BCUT2D eigenvalue weighted by Gasteiger charge is 2.25. The number of carbonyl (C=O) groups is 1. The van der Waals surface area contributed by atoms with E-state index >= 15 is 0 Å². The molecule has 0 saturated carbocycles. The van der Waals surface area contributed by atoms with Crippen LogP contribution < -0.4 is 4.72 Å². The molecular weight excluding hydrogens is 285 g/mol. The van der Waals surface area contributed by atoms with E-state index < -0.39 is 33.6 Å². The summed E-state index contributed by atoms with van der Waals surface area (Å²) in [4.78, 5) is 11.0. The van der Waals surface area contributed by atoms with Crippen LogP contribution in [0, 0.1) is 11.7 Å². The predicted octanol–water partition coefficient (Wildman–Crippen LogP) is 1.74. The van der Waals surface area contributed by atoms with Gasteiger partial charge in [0.05, 0.1) is 5.75 Å². The van der Waals surface area contributed by atoms with E-state index in [0.717, 1.165) is 6.07 Å². The van der Waals surface area contributed by atoms with Gasteiger partial charge in [0.2, 0.25) is 10.0 Å². The second-order valence-electron chi connectivity index (χ2n) is 5.03. The Morgan fingerprint density at radius 2 is 2.05 bits per heavy atom. The van der Waals surface area contributed by atoms with Crippen LogP contribution in [0.25, 0.3) is 0 Å². The molecule has 1 rings (SSSR count). The summed E-state index contributed by atoms with van der Waals surface area (Å²) in [6.07, 6.45) is 0.192. The summed E-state index contributed by atoms with van der Waals surface area (Å²) < 4.78 is 39.0. The zero-order valence-corrected chi connectivity index (χ0v) is 12.2. The van der Waals surface area contributed by atoms with Gasteiger partial charge >= 0.3 is 5.97 Å². The average Bonchev–Trinajstić information content (AvgIpc) is 2.26. The van der Waals surface area contributed by atoms with Crippen LogP contribution >= 0.6 is 0 Å². The minimum atomic E-state index is -3.84. The van der Waals surface area contributed by atoms with Crippen molar-refractivity contribution in [3.05, 3.63) is 35.6 Å². The van der Waals surface area contributed by atoms with Crippen LogP contribution in [0.15, 0.2) is 24.3 Å². The first-order valence-electron chi connectivity index (χ1n) is 6.17. The Hall–Kier alpha value is -1.47. The van der Waals surface area contributed by atoms with Crippen LogP contribution in [-0.2, 0) is 20.6 Å². The third kappa shape index (κ3) is 5.66. The largest absolute Gasteiger partial charge is 0.480 e. The molecule has 7 heteroatoms. The molecule has 20 heavy (non-hydrogen) atoms. The predicted molar refractivity (Wildman–Crippen MR) is 73.0 cm³/mol. The summed E-state index contributed by atoms with van der Waals surface area (Å²) in [7, 11) is -3.84. The van der Waals surface area contributed by atoms with Gasteiger partial charge in [0.15, 0.2) is 0 Å². The fourth-order valence-corrected chi connectivity index (χ4v) is 3.11. The van der Waals surface area contributed by atoms with Gasteiger partial charge in [0.25, 0.3) is 0 Å². The molecule has 0 unspecified atom stereocenters. The summed E-state index contributed by atoms with van der Waals surface area (Å²) in [5.41, 5.74) is 0.270. The smallest absolute Gasteiger partial charge is 0.321 e. The van der Waals surface area contributed by atoms with E-state index in [2.05, 4.69) is 4.72 Å². The quantitative estimate of drug-likeness (QED) is 0.803. The van der Waals surface area contributed by atoms with E-state index in [-0.39, 0.29) is 17.9 Å². The third-order valence-corrected chi connectivity index (χ3v) is 3.93. The van der Waals surface area contributed by atoms with E-state index in [4.69, 9.17) is 5.11 Å². The molecule has 1 atom stereocenters. The number of sulfonamides is 1. The molecular formula is C13H18FNO4S. The van der Waals surface area contributed by atoms with Gasteiger partial charge in [0.1, 0.15) is 11.9 Å². The second kappa shape index (κ2) is 6.81. The normalized spacial score (nSPS) is 13.4. The maximum atomic E-state index is 13.0. The first-order valence-corrected chi connectivity index (χ1v) is 7.82. The topological polar surface area (TPSA) is 83.5 Å². The molecule has 0 amide bonds. The monoisotopic (exact) mass is 303 g/mol. The summed E-state index contributed by atoms with van der Waals surface area (Å²) in [6.45, 7) is 3.60. The fraction of sp³-hybridized carbons (Fsp3) is 0.462. The van der Waals surface area contributed by atoms with Gasteiger partial charge < -0.3 is 5.11 Å². The molecule has 0 fully saturated rings. The number of hydrogen-bond donors (Lipinski definition) is 2. The Kier molecular flexibility index (Phi) is 5.64. The Bertz CT molecular complexity index is 571. The van der Waals surface area contributed by atoms with E-state index in [9.17, 15) is 17.6 Å². The lowest BCUT2D eigenvalue weighted by atomic mass is 10.1. The van der Waals surface area contributed by atoms with Gasteiger partial charge in [-0.15, -0.1) is 0 Å². The lowest BCUT2D eigenvalue weighted by Crippen LogP contribution is -2.42. The summed E-state index contributed by atoms with van der Waals surface area (Å²) in [5.74, 6) is -2.17. The number of carboxylic acids is 1. The highest BCUT2D eigenvalue weighted by molar-refractivity contribution is 7.88. The minimum absolute atomic E-state index is 0.0352. The number of hydrogen-bond acceptors (Lipinski definition) is 3. The van der Waals surface area contributed by atoms with Crippen molar-refractivity contribution >= 4 is 16.0 Å². The maximum absolute atomic E-state index is 13.0. The highest BCUT2D eigenvalue weighted by Crippen LogP contribution is 2.10. The summed E-state index contributed by atoms with van der Waals surface area (Å²) >= 11 is 0. The Morgan fingerprint density at radius 1 is 1.40 bits per heavy atom. The Morgan fingerprint density at radius 3 is 2.55 bits per heavy atom. The molecule has 0 aliphatic heterocycles. The number of carboxylic acid groups (broad SMARTS) is 1. The van der Waals surface area contributed by atoms with Crippen molar-refractivity contribution in [2.75, 3.05) is 0 Å². The van der Waals surface area contributed by atoms with E-state index in [1.165, 1.54) is 18.2 Å². The molecule has 0 aliphatic carbocycles.